The summed E-state index contributed by atoms with van der Waals surface area (Å²) in [6.45, 7) is 5.90. The van der Waals surface area contributed by atoms with Gasteiger partial charge in [-0.3, -0.25) is 4.79 Å². The number of benzene rings is 1. The number of nitrogens with one attached hydrogen (secondary N) is 3. The molecule has 0 unspecified atom stereocenters. The molecule has 6 nitrogen and oxygen atoms in total. The molecule has 0 fully saturated rings. The quantitative estimate of drug-likeness (QED) is 0.698. The summed E-state index contributed by atoms with van der Waals surface area (Å²) in [5.74, 6) is -0.0236. The van der Waals surface area contributed by atoms with Crippen molar-refractivity contribution in [1.82, 2.24) is 10.6 Å². The molecule has 0 aliphatic carbocycles. The van der Waals surface area contributed by atoms with Gasteiger partial charge >= 0.3 is 12.2 Å². The van der Waals surface area contributed by atoms with E-state index < -0.39 is 23.7 Å². The molecule has 1 aromatic carbocycles. The number of halogens is 3. The van der Waals surface area contributed by atoms with Gasteiger partial charge in [-0.05, 0) is 31.0 Å². The molecule has 1 rings (SSSR count). The van der Waals surface area contributed by atoms with Gasteiger partial charge in [0.2, 0.25) is 5.91 Å². The van der Waals surface area contributed by atoms with Crippen LogP contribution in [0.25, 0.3) is 0 Å². The van der Waals surface area contributed by atoms with Gasteiger partial charge in [-0.15, -0.1) is 0 Å². The molecule has 3 N–H and O–H groups in total. The lowest BCUT2D eigenvalue weighted by Crippen LogP contribution is -2.40. The molecule has 1 aromatic rings. The maximum atomic E-state index is 12.8. The first-order chi connectivity index (χ1) is 11.6. The van der Waals surface area contributed by atoms with Crippen LogP contribution in [0.3, 0.4) is 0 Å². The fourth-order valence-electron chi connectivity index (χ4n) is 1.79. The normalized spacial score (nSPS) is 11.2. The second kappa shape index (κ2) is 9.14. The lowest BCUT2D eigenvalue weighted by molar-refractivity contribution is -0.137. The predicted molar refractivity (Wildman–Crippen MR) is 87.5 cm³/mol. The largest absolute Gasteiger partial charge is 0.492 e. The van der Waals surface area contributed by atoms with Gasteiger partial charge in [0, 0.05) is 6.54 Å². The van der Waals surface area contributed by atoms with Crippen LogP contribution in [0.15, 0.2) is 18.2 Å². The maximum absolute atomic E-state index is 12.8. The summed E-state index contributed by atoms with van der Waals surface area (Å²) >= 11 is 0. The molecule has 0 saturated heterocycles. The summed E-state index contributed by atoms with van der Waals surface area (Å²) < 4.78 is 43.6. The first kappa shape index (κ1) is 20.6. The van der Waals surface area contributed by atoms with Crippen molar-refractivity contribution in [3.8, 4) is 5.75 Å². The van der Waals surface area contributed by atoms with E-state index in [4.69, 9.17) is 4.74 Å². The van der Waals surface area contributed by atoms with Crippen molar-refractivity contribution >= 4 is 17.6 Å². The van der Waals surface area contributed by atoms with Crippen molar-refractivity contribution in [1.29, 1.82) is 0 Å². The minimum Gasteiger partial charge on any atom is -0.492 e. The van der Waals surface area contributed by atoms with E-state index in [9.17, 15) is 22.8 Å². The van der Waals surface area contributed by atoms with E-state index in [1.807, 2.05) is 13.8 Å². The number of anilines is 1. The van der Waals surface area contributed by atoms with Gasteiger partial charge in [0.1, 0.15) is 5.75 Å². The number of urea groups is 1. The Morgan fingerprint density at radius 1 is 1.20 bits per heavy atom. The van der Waals surface area contributed by atoms with Gasteiger partial charge in [0.15, 0.2) is 0 Å². The van der Waals surface area contributed by atoms with Gasteiger partial charge in [-0.25, -0.2) is 4.79 Å². The Bertz CT molecular complexity index is 604. The summed E-state index contributed by atoms with van der Waals surface area (Å²) in [5.41, 5.74) is -1.04. The summed E-state index contributed by atoms with van der Waals surface area (Å²) in [4.78, 5) is 23.4. The van der Waals surface area contributed by atoms with E-state index in [0.29, 0.717) is 6.54 Å². The Hall–Kier alpha value is -2.45. The van der Waals surface area contributed by atoms with Crippen LogP contribution in [0.5, 0.6) is 5.75 Å². The van der Waals surface area contributed by atoms with Crippen LogP contribution in [0.4, 0.5) is 23.7 Å². The van der Waals surface area contributed by atoms with Crippen LogP contribution < -0.4 is 20.7 Å². The Kier molecular flexibility index (Phi) is 7.53. The van der Waals surface area contributed by atoms with Gasteiger partial charge in [0.25, 0.3) is 0 Å². The number of carbonyl (C=O) groups is 2. The molecule has 0 aromatic heterocycles. The third kappa shape index (κ3) is 7.32. The van der Waals surface area contributed by atoms with E-state index >= 15 is 0 Å². The Labute approximate surface area is 144 Å². The van der Waals surface area contributed by atoms with Crippen LogP contribution in [-0.4, -0.2) is 31.6 Å². The number of alkyl halides is 3. The van der Waals surface area contributed by atoms with E-state index in [1.54, 1.807) is 6.92 Å². The zero-order valence-electron chi connectivity index (χ0n) is 14.3. The number of ether oxygens (including phenoxy) is 1. The highest BCUT2D eigenvalue weighted by atomic mass is 19.4. The summed E-state index contributed by atoms with van der Waals surface area (Å²) in [5, 5.41) is 7.16. The van der Waals surface area contributed by atoms with Gasteiger partial charge in [-0.1, -0.05) is 13.8 Å². The van der Waals surface area contributed by atoms with Gasteiger partial charge < -0.3 is 20.7 Å². The molecule has 3 amide bonds. The smallest absolute Gasteiger partial charge is 0.416 e. The van der Waals surface area contributed by atoms with Crippen molar-refractivity contribution in [3.05, 3.63) is 23.8 Å². The molecule has 0 radical (unpaired) electrons. The number of hydrogen-bond acceptors (Lipinski definition) is 3. The topological polar surface area (TPSA) is 79.5 Å². The molecular formula is C16H22F3N3O3. The molecule has 25 heavy (non-hydrogen) atoms. The number of rotatable bonds is 7. The van der Waals surface area contributed by atoms with E-state index in [0.717, 1.165) is 18.2 Å². The van der Waals surface area contributed by atoms with Gasteiger partial charge in [-0.2, -0.15) is 13.2 Å². The monoisotopic (exact) mass is 361 g/mol. The van der Waals surface area contributed by atoms with Crippen LogP contribution in [0.1, 0.15) is 26.3 Å². The first-order valence-electron chi connectivity index (χ1n) is 7.79. The minimum atomic E-state index is -4.55. The summed E-state index contributed by atoms with van der Waals surface area (Å²) in [6, 6.07) is 1.98. The van der Waals surface area contributed by atoms with Crippen molar-refractivity contribution in [3.63, 3.8) is 0 Å². The Morgan fingerprint density at radius 2 is 1.88 bits per heavy atom. The Morgan fingerprint density at radius 3 is 2.44 bits per heavy atom. The highest BCUT2D eigenvalue weighted by molar-refractivity contribution is 5.93. The lowest BCUT2D eigenvalue weighted by Gasteiger charge is -2.15. The SMILES string of the molecule is CCOc1ccc(C(F)(F)F)cc1NC(=O)NCC(=O)NCC(C)C. The Balaban J connectivity index is 2.72. The van der Waals surface area contributed by atoms with Crippen LogP contribution >= 0.6 is 0 Å². The van der Waals surface area contributed by atoms with Crippen molar-refractivity contribution in [2.45, 2.75) is 26.9 Å². The maximum Gasteiger partial charge on any atom is 0.416 e. The van der Waals surface area contributed by atoms with Crippen molar-refractivity contribution in [2.75, 3.05) is 25.0 Å². The standard InChI is InChI=1S/C16H22F3N3O3/c1-4-25-13-6-5-11(16(17,18)19)7-12(13)22-15(24)21-9-14(23)20-8-10(2)3/h5-7,10H,4,8-9H2,1-3H3,(H,20,23)(H2,21,22,24). The molecule has 0 bridgehead atoms. The second-order valence-corrected chi connectivity index (χ2v) is 5.65. The molecule has 140 valence electrons. The molecule has 9 heteroatoms. The average molecular weight is 361 g/mol. The number of carbonyl (C=O) groups excluding carboxylic acids is 2. The predicted octanol–water partition coefficient (Wildman–Crippen LogP) is 3.00. The minimum absolute atomic E-state index is 0.106. The first-order valence-corrected chi connectivity index (χ1v) is 7.79. The summed E-state index contributed by atoms with van der Waals surface area (Å²) in [7, 11) is 0. The summed E-state index contributed by atoms with van der Waals surface area (Å²) in [6.07, 6.45) is -4.55. The molecule has 0 heterocycles. The van der Waals surface area contributed by atoms with E-state index in [2.05, 4.69) is 16.0 Å². The number of amides is 3. The molecule has 0 aliphatic rings. The van der Waals surface area contributed by atoms with Crippen LogP contribution in [0, 0.1) is 5.92 Å². The third-order valence-corrected chi connectivity index (χ3v) is 2.97. The highest BCUT2D eigenvalue weighted by Gasteiger charge is 2.31. The van der Waals surface area contributed by atoms with E-state index in [-0.39, 0.29) is 30.5 Å². The van der Waals surface area contributed by atoms with Crippen molar-refractivity contribution in [2.24, 2.45) is 5.92 Å². The zero-order valence-corrected chi connectivity index (χ0v) is 14.3. The number of hydrogen-bond donors (Lipinski definition) is 3. The average Bonchev–Trinajstić information content (AvgIpc) is 2.51. The second-order valence-electron chi connectivity index (χ2n) is 5.65. The molecule has 0 spiro atoms. The third-order valence-electron chi connectivity index (χ3n) is 2.97. The molecule has 0 atom stereocenters. The fourth-order valence-corrected chi connectivity index (χ4v) is 1.79. The van der Waals surface area contributed by atoms with Crippen LogP contribution in [-0.2, 0) is 11.0 Å². The molecule has 0 saturated carbocycles. The van der Waals surface area contributed by atoms with Gasteiger partial charge in [0.05, 0.1) is 24.4 Å². The molecular weight excluding hydrogens is 339 g/mol. The zero-order chi connectivity index (χ0) is 19.0. The fraction of sp³-hybridized carbons (Fsp3) is 0.500. The molecule has 0 aliphatic heterocycles. The van der Waals surface area contributed by atoms with Crippen molar-refractivity contribution < 1.29 is 27.5 Å². The van der Waals surface area contributed by atoms with Crippen LogP contribution in [0.2, 0.25) is 0 Å². The highest BCUT2D eigenvalue weighted by Crippen LogP contribution is 2.35. The lowest BCUT2D eigenvalue weighted by atomic mass is 10.2. The van der Waals surface area contributed by atoms with E-state index in [1.165, 1.54) is 0 Å².